The molecule has 1 atom stereocenters. The predicted molar refractivity (Wildman–Crippen MR) is 85.9 cm³/mol. The molecule has 3 rings (SSSR count). The highest BCUT2D eigenvalue weighted by molar-refractivity contribution is 5.91. The van der Waals surface area contributed by atoms with Crippen LogP contribution in [0.25, 0.3) is 0 Å². The van der Waals surface area contributed by atoms with Crippen molar-refractivity contribution in [2.45, 2.75) is 26.4 Å². The first-order chi connectivity index (χ1) is 11.1. The summed E-state index contributed by atoms with van der Waals surface area (Å²) in [5, 5.41) is 11.2. The third-order valence-electron chi connectivity index (χ3n) is 3.48. The van der Waals surface area contributed by atoms with Crippen molar-refractivity contribution in [1.82, 2.24) is 24.5 Å². The SMILES string of the molecule is Cc1ccn(C(C)C(=O)Nc2ncn(Cc3ccccc3)n2)n1. The molecule has 1 amide bonds. The van der Waals surface area contributed by atoms with Crippen LogP contribution in [0.4, 0.5) is 5.95 Å². The van der Waals surface area contributed by atoms with Crippen molar-refractivity contribution in [3.63, 3.8) is 0 Å². The number of aryl methyl sites for hydroxylation is 1. The van der Waals surface area contributed by atoms with Crippen LogP contribution in [0.3, 0.4) is 0 Å². The number of nitrogens with one attached hydrogen (secondary N) is 1. The number of benzene rings is 1. The summed E-state index contributed by atoms with van der Waals surface area (Å²) in [6.45, 7) is 4.27. The Morgan fingerprint density at radius 1 is 1.22 bits per heavy atom. The zero-order chi connectivity index (χ0) is 16.2. The Labute approximate surface area is 134 Å². The predicted octanol–water partition coefficient (Wildman–Crippen LogP) is 2.03. The molecule has 7 heteroatoms. The molecule has 0 aliphatic rings. The van der Waals surface area contributed by atoms with Gasteiger partial charge in [0.2, 0.25) is 5.95 Å². The summed E-state index contributed by atoms with van der Waals surface area (Å²) in [6.07, 6.45) is 3.38. The Kier molecular flexibility index (Phi) is 4.18. The largest absolute Gasteiger partial charge is 0.291 e. The summed E-state index contributed by atoms with van der Waals surface area (Å²) < 4.78 is 3.30. The molecule has 7 nitrogen and oxygen atoms in total. The molecule has 118 valence electrons. The lowest BCUT2D eigenvalue weighted by molar-refractivity contribution is -0.119. The van der Waals surface area contributed by atoms with Gasteiger partial charge in [0.1, 0.15) is 12.4 Å². The Balaban J connectivity index is 1.63. The van der Waals surface area contributed by atoms with Gasteiger partial charge in [-0.05, 0) is 25.5 Å². The monoisotopic (exact) mass is 310 g/mol. The van der Waals surface area contributed by atoms with Crippen LogP contribution < -0.4 is 5.32 Å². The van der Waals surface area contributed by atoms with E-state index in [0.717, 1.165) is 11.3 Å². The summed E-state index contributed by atoms with van der Waals surface area (Å²) in [7, 11) is 0. The maximum Gasteiger partial charge on any atom is 0.251 e. The van der Waals surface area contributed by atoms with Crippen molar-refractivity contribution in [2.75, 3.05) is 5.32 Å². The second-order valence-corrected chi connectivity index (χ2v) is 5.35. The molecule has 0 bridgehead atoms. The van der Waals surface area contributed by atoms with Gasteiger partial charge in [0.15, 0.2) is 0 Å². The number of nitrogens with zero attached hydrogens (tertiary/aromatic N) is 5. The number of carbonyl (C=O) groups excluding carboxylic acids is 1. The van der Waals surface area contributed by atoms with Gasteiger partial charge in [0, 0.05) is 6.20 Å². The number of anilines is 1. The molecule has 0 spiro atoms. The highest BCUT2D eigenvalue weighted by Gasteiger charge is 2.17. The van der Waals surface area contributed by atoms with Crippen molar-refractivity contribution >= 4 is 11.9 Å². The molecule has 1 N–H and O–H groups in total. The summed E-state index contributed by atoms with van der Waals surface area (Å²) in [5.41, 5.74) is 1.99. The molecule has 0 fully saturated rings. The molecule has 0 radical (unpaired) electrons. The van der Waals surface area contributed by atoms with Crippen molar-refractivity contribution in [3.8, 4) is 0 Å². The summed E-state index contributed by atoms with van der Waals surface area (Å²) >= 11 is 0. The van der Waals surface area contributed by atoms with Crippen LogP contribution in [0, 0.1) is 6.92 Å². The first-order valence-electron chi connectivity index (χ1n) is 7.38. The molecule has 0 aliphatic carbocycles. The van der Waals surface area contributed by atoms with E-state index in [2.05, 4.69) is 20.5 Å². The van der Waals surface area contributed by atoms with Gasteiger partial charge < -0.3 is 0 Å². The molecular formula is C16H18N6O. The lowest BCUT2D eigenvalue weighted by atomic mass is 10.2. The minimum atomic E-state index is -0.426. The van der Waals surface area contributed by atoms with Gasteiger partial charge in [-0.25, -0.2) is 9.67 Å². The minimum Gasteiger partial charge on any atom is -0.291 e. The topological polar surface area (TPSA) is 77.6 Å². The molecule has 0 saturated heterocycles. The number of aromatic nitrogens is 5. The van der Waals surface area contributed by atoms with Crippen molar-refractivity contribution in [2.24, 2.45) is 0 Å². The minimum absolute atomic E-state index is 0.203. The number of hydrogen-bond donors (Lipinski definition) is 1. The first-order valence-corrected chi connectivity index (χ1v) is 7.38. The molecular weight excluding hydrogens is 292 g/mol. The smallest absolute Gasteiger partial charge is 0.251 e. The number of carbonyl (C=O) groups is 1. The lowest BCUT2D eigenvalue weighted by Gasteiger charge is -2.10. The van der Waals surface area contributed by atoms with E-state index in [1.54, 1.807) is 28.8 Å². The van der Waals surface area contributed by atoms with Crippen LogP contribution >= 0.6 is 0 Å². The van der Waals surface area contributed by atoms with Crippen LogP contribution in [0.5, 0.6) is 0 Å². The van der Waals surface area contributed by atoms with E-state index in [4.69, 9.17) is 0 Å². The van der Waals surface area contributed by atoms with Gasteiger partial charge >= 0.3 is 0 Å². The Hall–Kier alpha value is -2.96. The highest BCUT2D eigenvalue weighted by Crippen LogP contribution is 2.09. The summed E-state index contributed by atoms with van der Waals surface area (Å²) in [4.78, 5) is 16.4. The quantitative estimate of drug-likeness (QED) is 0.782. The normalized spacial score (nSPS) is 12.1. The van der Waals surface area contributed by atoms with Gasteiger partial charge in [-0.1, -0.05) is 30.3 Å². The molecule has 0 saturated carbocycles. The molecule has 2 heterocycles. The zero-order valence-corrected chi connectivity index (χ0v) is 13.0. The molecule has 1 unspecified atom stereocenters. The second kappa shape index (κ2) is 6.43. The average molecular weight is 310 g/mol. The van der Waals surface area contributed by atoms with Crippen LogP contribution in [-0.2, 0) is 11.3 Å². The molecule has 1 aromatic carbocycles. The maximum absolute atomic E-state index is 12.2. The molecule has 2 aromatic heterocycles. The Morgan fingerprint density at radius 3 is 2.70 bits per heavy atom. The fourth-order valence-corrected chi connectivity index (χ4v) is 2.18. The van der Waals surface area contributed by atoms with E-state index in [9.17, 15) is 4.79 Å². The van der Waals surface area contributed by atoms with Crippen LogP contribution in [0.2, 0.25) is 0 Å². The van der Waals surface area contributed by atoms with E-state index >= 15 is 0 Å². The number of hydrogen-bond acceptors (Lipinski definition) is 4. The third kappa shape index (κ3) is 3.63. The molecule has 3 aromatic rings. The number of rotatable bonds is 5. The van der Waals surface area contributed by atoms with E-state index < -0.39 is 6.04 Å². The summed E-state index contributed by atoms with van der Waals surface area (Å²) in [5.74, 6) is 0.0900. The zero-order valence-electron chi connectivity index (χ0n) is 13.0. The van der Waals surface area contributed by atoms with Crippen LogP contribution in [-0.4, -0.2) is 30.5 Å². The Bertz CT molecular complexity index is 792. The molecule has 0 aliphatic heterocycles. The van der Waals surface area contributed by atoms with E-state index in [1.165, 1.54) is 0 Å². The van der Waals surface area contributed by atoms with E-state index in [0.29, 0.717) is 12.5 Å². The van der Waals surface area contributed by atoms with Crippen molar-refractivity contribution in [3.05, 3.63) is 60.2 Å². The van der Waals surface area contributed by atoms with Gasteiger partial charge in [0.25, 0.3) is 5.91 Å². The van der Waals surface area contributed by atoms with E-state index in [1.807, 2.05) is 43.3 Å². The summed E-state index contributed by atoms with van der Waals surface area (Å²) in [6, 6.07) is 11.4. The maximum atomic E-state index is 12.2. The fraction of sp³-hybridized carbons (Fsp3) is 0.250. The highest BCUT2D eigenvalue weighted by atomic mass is 16.2. The van der Waals surface area contributed by atoms with Gasteiger partial charge in [-0.3, -0.25) is 14.8 Å². The van der Waals surface area contributed by atoms with Crippen molar-refractivity contribution < 1.29 is 4.79 Å². The van der Waals surface area contributed by atoms with Gasteiger partial charge in [-0.2, -0.15) is 5.10 Å². The molecule has 23 heavy (non-hydrogen) atoms. The Morgan fingerprint density at radius 2 is 2.00 bits per heavy atom. The van der Waals surface area contributed by atoms with E-state index in [-0.39, 0.29) is 5.91 Å². The lowest BCUT2D eigenvalue weighted by Crippen LogP contribution is -2.24. The average Bonchev–Trinajstić information content (AvgIpc) is 3.17. The number of amides is 1. The van der Waals surface area contributed by atoms with Crippen LogP contribution in [0.1, 0.15) is 24.2 Å². The second-order valence-electron chi connectivity index (χ2n) is 5.35. The standard InChI is InChI=1S/C16H18N6O/c1-12-8-9-22(19-12)13(2)15(23)18-16-17-11-21(20-16)10-14-6-4-3-5-7-14/h3-9,11,13H,10H2,1-2H3,(H,18,20,23). The fourth-order valence-electron chi connectivity index (χ4n) is 2.18. The van der Waals surface area contributed by atoms with Crippen molar-refractivity contribution in [1.29, 1.82) is 0 Å². The third-order valence-corrected chi connectivity index (χ3v) is 3.48. The van der Waals surface area contributed by atoms with Gasteiger partial charge in [0.05, 0.1) is 12.2 Å². The first kappa shape index (κ1) is 15.0. The van der Waals surface area contributed by atoms with Crippen LogP contribution in [0.15, 0.2) is 48.9 Å². The van der Waals surface area contributed by atoms with Gasteiger partial charge in [-0.15, -0.1) is 5.10 Å².